The Morgan fingerprint density at radius 3 is 2.26 bits per heavy atom. The molecule has 2 nitrogen and oxygen atoms in total. The maximum Gasteiger partial charge on any atom is 0.0702 e. The van der Waals surface area contributed by atoms with Crippen LogP contribution in [0.25, 0.3) is 11.3 Å². The van der Waals surface area contributed by atoms with Gasteiger partial charge in [0.15, 0.2) is 0 Å². The summed E-state index contributed by atoms with van der Waals surface area (Å²) in [5, 5.41) is 0. The van der Waals surface area contributed by atoms with E-state index in [1.165, 1.54) is 48.8 Å². The fraction of sp³-hybridized carbons (Fsp3) is 0.379. The minimum atomic E-state index is 0.728. The van der Waals surface area contributed by atoms with Crippen molar-refractivity contribution in [2.24, 2.45) is 10.9 Å². The first-order chi connectivity index (χ1) is 15.0. The Balaban J connectivity index is 1.66. The Hall–Kier alpha value is -2.74. The molecule has 1 saturated carbocycles. The summed E-state index contributed by atoms with van der Waals surface area (Å²) in [6.07, 6.45) is 14.5. The zero-order valence-electron chi connectivity index (χ0n) is 19.6. The predicted molar refractivity (Wildman–Crippen MR) is 135 cm³/mol. The molecule has 1 heterocycles. The molecule has 2 heteroatoms. The van der Waals surface area contributed by atoms with Crippen LogP contribution in [0, 0.1) is 5.92 Å². The summed E-state index contributed by atoms with van der Waals surface area (Å²) in [5.41, 5.74) is 7.79. The van der Waals surface area contributed by atoms with Crippen molar-refractivity contribution in [2.75, 3.05) is 0 Å². The lowest BCUT2D eigenvalue weighted by atomic mass is 9.78. The monoisotopic (exact) mass is 412 g/mol. The number of hydrogen-bond acceptors (Lipinski definition) is 2. The lowest BCUT2D eigenvalue weighted by Gasteiger charge is -2.28. The third-order valence-electron chi connectivity index (χ3n) is 6.28. The van der Waals surface area contributed by atoms with Crippen molar-refractivity contribution in [3.63, 3.8) is 0 Å². The van der Waals surface area contributed by atoms with Crippen LogP contribution in [0.15, 0.2) is 83.2 Å². The molecule has 3 rings (SSSR count). The van der Waals surface area contributed by atoms with Crippen LogP contribution in [-0.2, 0) is 0 Å². The second kappa shape index (κ2) is 11.0. The second-order valence-corrected chi connectivity index (χ2v) is 9.05. The molecule has 0 atom stereocenters. The van der Waals surface area contributed by atoms with Crippen LogP contribution in [0.1, 0.15) is 76.8 Å². The molecule has 0 unspecified atom stereocenters. The van der Waals surface area contributed by atoms with Crippen molar-refractivity contribution in [3.8, 4) is 11.3 Å². The molecular weight excluding hydrogens is 376 g/mol. The van der Waals surface area contributed by atoms with Crippen LogP contribution in [0.5, 0.6) is 0 Å². The van der Waals surface area contributed by atoms with Crippen molar-refractivity contribution < 1.29 is 0 Å². The number of aromatic nitrogens is 1. The van der Waals surface area contributed by atoms with Gasteiger partial charge in [0.05, 0.1) is 11.4 Å². The summed E-state index contributed by atoms with van der Waals surface area (Å²) in [4.78, 5) is 9.30. The fourth-order valence-corrected chi connectivity index (χ4v) is 4.19. The lowest BCUT2D eigenvalue weighted by Crippen LogP contribution is -2.12. The highest BCUT2D eigenvalue weighted by atomic mass is 14.7. The SMILES string of the molecule is C=C(C)/C=C\C(N=Cc1ccc(-c2ccc(C3CCC(CC)CC3)cc2)nc1)=C(C)C. The summed E-state index contributed by atoms with van der Waals surface area (Å²) in [5.74, 6) is 1.67. The number of allylic oxidation sites excluding steroid dienone is 4. The molecule has 0 radical (unpaired) electrons. The van der Waals surface area contributed by atoms with Gasteiger partial charge >= 0.3 is 0 Å². The third kappa shape index (κ3) is 6.62. The highest BCUT2D eigenvalue weighted by molar-refractivity contribution is 5.81. The second-order valence-electron chi connectivity index (χ2n) is 9.05. The molecule has 1 aliphatic carbocycles. The first-order valence-corrected chi connectivity index (χ1v) is 11.6. The topological polar surface area (TPSA) is 25.2 Å². The van der Waals surface area contributed by atoms with Crippen molar-refractivity contribution in [2.45, 2.75) is 65.7 Å². The van der Waals surface area contributed by atoms with E-state index in [2.05, 4.69) is 73.7 Å². The lowest BCUT2D eigenvalue weighted by molar-refractivity contribution is 0.319. The standard InChI is InChI=1S/C29H36N2/c1-6-23-8-11-25(12-9-23)26-13-15-27(16-14-26)29-18-10-24(20-31-29)19-30-28(22(4)5)17-7-21(2)3/h7,10,13-20,23,25H,2,6,8-9,11-12H2,1,3-5H3/b17-7-,30-19?. The van der Waals surface area contributed by atoms with Crippen LogP contribution < -0.4 is 0 Å². The van der Waals surface area contributed by atoms with Crippen LogP contribution in [0.4, 0.5) is 0 Å². The zero-order valence-corrected chi connectivity index (χ0v) is 19.6. The molecule has 0 aliphatic heterocycles. The predicted octanol–water partition coefficient (Wildman–Crippen LogP) is 8.28. The molecule has 0 spiro atoms. The minimum Gasteiger partial charge on any atom is -0.256 e. The van der Waals surface area contributed by atoms with Crippen LogP contribution in [0.3, 0.4) is 0 Å². The molecule has 1 fully saturated rings. The Morgan fingerprint density at radius 1 is 1.00 bits per heavy atom. The molecule has 162 valence electrons. The van der Waals surface area contributed by atoms with Gasteiger partial charge in [-0.05, 0) is 82.1 Å². The number of nitrogens with zero attached hydrogens (tertiary/aromatic N) is 2. The quantitative estimate of drug-likeness (QED) is 0.332. The van der Waals surface area contributed by atoms with Gasteiger partial charge in [-0.3, -0.25) is 9.98 Å². The van der Waals surface area contributed by atoms with Gasteiger partial charge in [-0.1, -0.05) is 61.4 Å². The molecule has 1 aromatic heterocycles. The number of benzene rings is 1. The normalized spacial score (nSPS) is 19.1. The van der Waals surface area contributed by atoms with E-state index in [0.717, 1.165) is 34.4 Å². The summed E-state index contributed by atoms with van der Waals surface area (Å²) in [6.45, 7) is 12.3. The maximum absolute atomic E-state index is 4.67. The first kappa shape index (κ1) is 22.9. The van der Waals surface area contributed by atoms with Crippen molar-refractivity contribution >= 4 is 6.21 Å². The Bertz CT molecular complexity index is 947. The van der Waals surface area contributed by atoms with E-state index < -0.39 is 0 Å². The van der Waals surface area contributed by atoms with Crippen LogP contribution in [-0.4, -0.2) is 11.2 Å². The van der Waals surface area contributed by atoms with Gasteiger partial charge in [0, 0.05) is 23.5 Å². The van der Waals surface area contributed by atoms with Crippen molar-refractivity contribution in [3.05, 3.63) is 89.3 Å². The van der Waals surface area contributed by atoms with Gasteiger partial charge in [0.25, 0.3) is 0 Å². The van der Waals surface area contributed by atoms with Crippen LogP contribution in [0.2, 0.25) is 0 Å². The zero-order chi connectivity index (χ0) is 22.2. The fourth-order valence-electron chi connectivity index (χ4n) is 4.19. The number of hydrogen-bond donors (Lipinski definition) is 0. The average Bonchev–Trinajstić information content (AvgIpc) is 2.79. The number of pyridine rings is 1. The molecule has 0 N–H and O–H groups in total. The Kier molecular flexibility index (Phi) is 8.17. The molecule has 1 aromatic carbocycles. The van der Waals surface area contributed by atoms with Gasteiger partial charge in [-0.2, -0.15) is 0 Å². The van der Waals surface area contributed by atoms with Gasteiger partial charge in [0.2, 0.25) is 0 Å². The van der Waals surface area contributed by atoms with Gasteiger partial charge < -0.3 is 0 Å². The van der Waals surface area contributed by atoms with E-state index in [1.807, 2.05) is 31.5 Å². The Morgan fingerprint density at radius 2 is 1.71 bits per heavy atom. The van der Waals surface area contributed by atoms with E-state index in [-0.39, 0.29) is 0 Å². The van der Waals surface area contributed by atoms with Gasteiger partial charge in [0.1, 0.15) is 0 Å². The molecule has 2 aromatic rings. The van der Waals surface area contributed by atoms with Gasteiger partial charge in [-0.25, -0.2) is 0 Å². The summed E-state index contributed by atoms with van der Waals surface area (Å²) >= 11 is 0. The molecular formula is C29H36N2. The molecule has 1 aliphatic rings. The molecule has 0 amide bonds. The summed E-state index contributed by atoms with van der Waals surface area (Å²) in [6, 6.07) is 13.2. The highest BCUT2D eigenvalue weighted by Gasteiger charge is 2.21. The Labute approximate surface area is 188 Å². The molecule has 0 saturated heterocycles. The first-order valence-electron chi connectivity index (χ1n) is 11.6. The summed E-state index contributed by atoms with van der Waals surface area (Å²) in [7, 11) is 0. The molecule has 0 bridgehead atoms. The van der Waals surface area contributed by atoms with E-state index in [0.29, 0.717) is 0 Å². The average molecular weight is 413 g/mol. The molecule has 31 heavy (non-hydrogen) atoms. The number of rotatable bonds is 7. The van der Waals surface area contributed by atoms with E-state index >= 15 is 0 Å². The highest BCUT2D eigenvalue weighted by Crippen LogP contribution is 2.37. The van der Waals surface area contributed by atoms with E-state index in [9.17, 15) is 0 Å². The van der Waals surface area contributed by atoms with Crippen molar-refractivity contribution in [1.82, 2.24) is 4.98 Å². The van der Waals surface area contributed by atoms with Crippen molar-refractivity contribution in [1.29, 1.82) is 0 Å². The van der Waals surface area contributed by atoms with Gasteiger partial charge in [-0.15, -0.1) is 0 Å². The minimum absolute atomic E-state index is 0.728. The number of aliphatic imine (C=N–C) groups is 1. The largest absolute Gasteiger partial charge is 0.256 e. The van der Waals surface area contributed by atoms with E-state index in [4.69, 9.17) is 0 Å². The van der Waals surface area contributed by atoms with E-state index in [1.54, 1.807) is 0 Å². The summed E-state index contributed by atoms with van der Waals surface area (Å²) < 4.78 is 0. The van der Waals surface area contributed by atoms with Crippen LogP contribution >= 0.6 is 0 Å². The third-order valence-corrected chi connectivity index (χ3v) is 6.28. The maximum atomic E-state index is 4.67. The smallest absolute Gasteiger partial charge is 0.0702 e.